The van der Waals surface area contributed by atoms with E-state index in [1.807, 2.05) is 6.07 Å². The van der Waals surface area contributed by atoms with Crippen LogP contribution in [0, 0.1) is 0 Å². The molecular formula is C24H34N8OS. The molecule has 34 heavy (non-hydrogen) atoms. The topological polar surface area (TPSA) is 118 Å². The zero-order valence-electron chi connectivity index (χ0n) is 19.9. The molecule has 1 spiro atoms. The van der Waals surface area contributed by atoms with E-state index in [2.05, 4.69) is 39.8 Å². The molecule has 0 bridgehead atoms. The average molecular weight is 483 g/mol. The Morgan fingerprint density at radius 1 is 1.24 bits per heavy atom. The molecule has 2 aromatic rings. The number of nitrogens with zero attached hydrogens (tertiary/aromatic N) is 4. The molecule has 2 aromatic heterocycles. The van der Waals surface area contributed by atoms with Crippen molar-refractivity contribution in [3.8, 4) is 6.01 Å². The highest BCUT2D eigenvalue weighted by Gasteiger charge is 2.50. The monoisotopic (exact) mass is 482 g/mol. The number of likely N-dealkylation sites (tertiary alicyclic amines) is 1. The number of anilines is 2. The van der Waals surface area contributed by atoms with Gasteiger partial charge in [-0.2, -0.15) is 4.98 Å². The van der Waals surface area contributed by atoms with Crippen molar-refractivity contribution in [2.75, 3.05) is 25.1 Å². The molecule has 10 heteroatoms. The molecule has 3 aliphatic heterocycles. The molecule has 3 atom stereocenters. The number of piperidine rings is 1. The van der Waals surface area contributed by atoms with E-state index in [-0.39, 0.29) is 11.6 Å². The number of nitrogens with one attached hydrogen (secondary N) is 2. The summed E-state index contributed by atoms with van der Waals surface area (Å²) in [5.74, 6) is 0. The van der Waals surface area contributed by atoms with E-state index >= 15 is 0 Å². The molecule has 0 radical (unpaired) electrons. The predicted molar refractivity (Wildman–Crippen MR) is 134 cm³/mol. The standard InChI is InChI=1S/C24H34N8OS/c1-14(16-7-5-13-31(16)2)33-23-27-12-9-15(28-23)21-17-6-3-10-24(32(17)30-29-21)11-4-8-18-19(24)20(25)22(26)34-18/h9,12,14,16,29-30H,3-8,10-11,13,25-26H2,1-2H3/t14-,16-,24?/m0/s1. The molecule has 9 nitrogen and oxygen atoms in total. The number of aromatic nitrogens is 2. The van der Waals surface area contributed by atoms with Crippen molar-refractivity contribution in [2.45, 2.75) is 76.0 Å². The van der Waals surface area contributed by atoms with Crippen LogP contribution in [0.3, 0.4) is 0 Å². The summed E-state index contributed by atoms with van der Waals surface area (Å²) in [4.78, 5) is 12.9. The highest BCUT2D eigenvalue weighted by molar-refractivity contribution is 7.16. The third-order valence-electron chi connectivity index (χ3n) is 8.09. The fourth-order valence-corrected chi connectivity index (χ4v) is 7.61. The van der Waals surface area contributed by atoms with Crippen LogP contribution in [-0.2, 0) is 12.0 Å². The van der Waals surface area contributed by atoms with Gasteiger partial charge in [0.15, 0.2) is 0 Å². The Kier molecular flexibility index (Phi) is 5.34. The number of hydrogen-bond acceptors (Lipinski definition) is 10. The van der Waals surface area contributed by atoms with Crippen LogP contribution in [0.2, 0.25) is 0 Å². The molecular weight excluding hydrogens is 448 g/mol. The van der Waals surface area contributed by atoms with Crippen molar-refractivity contribution >= 4 is 27.7 Å². The number of rotatable bonds is 4. The number of ether oxygens (including phenoxy) is 1. The van der Waals surface area contributed by atoms with Gasteiger partial charge in [-0.15, -0.1) is 16.9 Å². The van der Waals surface area contributed by atoms with Crippen LogP contribution in [0.25, 0.3) is 5.70 Å². The van der Waals surface area contributed by atoms with Gasteiger partial charge in [0.25, 0.3) is 0 Å². The van der Waals surface area contributed by atoms with E-state index in [0.29, 0.717) is 12.1 Å². The zero-order valence-corrected chi connectivity index (χ0v) is 20.7. The smallest absolute Gasteiger partial charge is 0.317 e. The summed E-state index contributed by atoms with van der Waals surface area (Å²) in [5, 5.41) is 3.06. The summed E-state index contributed by atoms with van der Waals surface area (Å²) in [6.07, 6.45) is 10.5. The molecule has 5 heterocycles. The molecule has 1 aliphatic carbocycles. The van der Waals surface area contributed by atoms with Gasteiger partial charge in [0.05, 0.1) is 28.3 Å². The summed E-state index contributed by atoms with van der Waals surface area (Å²) < 4.78 is 6.20. The van der Waals surface area contributed by atoms with Crippen molar-refractivity contribution in [3.05, 3.63) is 34.1 Å². The van der Waals surface area contributed by atoms with Crippen LogP contribution in [0.5, 0.6) is 6.01 Å². The Hall–Kier alpha value is -2.56. The molecule has 0 aromatic carbocycles. The molecule has 6 rings (SSSR count). The summed E-state index contributed by atoms with van der Waals surface area (Å²) in [6, 6.07) is 2.78. The zero-order chi connectivity index (χ0) is 23.4. The molecule has 4 aliphatic rings. The maximum absolute atomic E-state index is 6.54. The van der Waals surface area contributed by atoms with Crippen LogP contribution < -0.4 is 27.2 Å². The van der Waals surface area contributed by atoms with E-state index in [1.54, 1.807) is 17.5 Å². The highest BCUT2D eigenvalue weighted by Crippen LogP contribution is 2.55. The Morgan fingerprint density at radius 3 is 2.85 bits per heavy atom. The van der Waals surface area contributed by atoms with E-state index in [4.69, 9.17) is 21.2 Å². The number of nitrogen functional groups attached to an aromatic ring is 2. The van der Waals surface area contributed by atoms with Crippen LogP contribution in [0.4, 0.5) is 10.7 Å². The molecule has 182 valence electrons. The van der Waals surface area contributed by atoms with Crippen molar-refractivity contribution in [3.63, 3.8) is 0 Å². The van der Waals surface area contributed by atoms with E-state index in [0.717, 1.165) is 73.6 Å². The van der Waals surface area contributed by atoms with Gasteiger partial charge in [-0.05, 0) is 77.9 Å². The van der Waals surface area contributed by atoms with Crippen molar-refractivity contribution in [1.29, 1.82) is 0 Å². The largest absolute Gasteiger partial charge is 0.459 e. The van der Waals surface area contributed by atoms with Gasteiger partial charge in [0.2, 0.25) is 0 Å². The summed E-state index contributed by atoms with van der Waals surface area (Å²) in [5.41, 5.74) is 24.6. The third-order valence-corrected chi connectivity index (χ3v) is 9.18. The van der Waals surface area contributed by atoms with E-state index in [1.165, 1.54) is 22.6 Å². The molecule has 2 saturated heterocycles. The molecule has 1 unspecified atom stereocenters. The molecule has 2 fully saturated rings. The molecule has 6 N–H and O–H groups in total. The second kappa shape index (κ2) is 8.28. The lowest BCUT2D eigenvalue weighted by Crippen LogP contribution is -2.55. The lowest BCUT2D eigenvalue weighted by atomic mass is 9.73. The second-order valence-corrected chi connectivity index (χ2v) is 11.2. The first-order valence-electron chi connectivity index (χ1n) is 12.4. The lowest BCUT2D eigenvalue weighted by Gasteiger charge is -2.49. The Labute approximate surface area is 204 Å². The molecule has 0 amide bonds. The Morgan fingerprint density at radius 2 is 2.06 bits per heavy atom. The number of allylic oxidation sites excluding steroid dienone is 1. The van der Waals surface area contributed by atoms with Crippen molar-refractivity contribution in [2.24, 2.45) is 0 Å². The number of nitrogens with two attached hydrogens (primary N) is 2. The second-order valence-electron chi connectivity index (χ2n) is 10.0. The minimum atomic E-state index is -0.179. The van der Waals surface area contributed by atoms with Gasteiger partial charge in [0.1, 0.15) is 11.1 Å². The van der Waals surface area contributed by atoms with Crippen LogP contribution in [0.15, 0.2) is 18.0 Å². The highest BCUT2D eigenvalue weighted by atomic mass is 32.1. The minimum Gasteiger partial charge on any atom is -0.459 e. The Bertz CT molecular complexity index is 1130. The quantitative estimate of drug-likeness (QED) is 0.522. The number of thiophene rings is 1. The van der Waals surface area contributed by atoms with Crippen LogP contribution in [-0.4, -0.2) is 45.6 Å². The predicted octanol–water partition coefficient (Wildman–Crippen LogP) is 2.97. The van der Waals surface area contributed by atoms with Gasteiger partial charge in [-0.1, -0.05) is 0 Å². The summed E-state index contributed by atoms with van der Waals surface area (Å²) >= 11 is 1.66. The fraction of sp³-hybridized carbons (Fsp3) is 0.583. The number of fused-ring (bicyclic) bond motifs is 4. The first kappa shape index (κ1) is 21.9. The normalized spacial score (nSPS) is 27.6. The number of hydrogen-bond donors (Lipinski definition) is 4. The van der Waals surface area contributed by atoms with Crippen LogP contribution in [0.1, 0.15) is 68.0 Å². The summed E-state index contributed by atoms with van der Waals surface area (Å²) in [6.45, 7) is 3.23. The SMILES string of the molecule is C[C@H](Oc1nccc(C2=C3CCCC4(CCCc5sc(N)c(N)c54)N3NN2)n1)[C@@H]1CCCN1C. The first-order valence-corrected chi connectivity index (χ1v) is 13.2. The number of aryl methyl sites for hydroxylation is 1. The average Bonchev–Trinajstić information content (AvgIpc) is 3.53. The van der Waals surface area contributed by atoms with Gasteiger partial charge in [0, 0.05) is 22.7 Å². The van der Waals surface area contributed by atoms with Crippen LogP contribution >= 0.6 is 11.3 Å². The van der Waals surface area contributed by atoms with Gasteiger partial charge in [-0.25, -0.2) is 4.98 Å². The van der Waals surface area contributed by atoms with Crippen molar-refractivity contribution < 1.29 is 4.74 Å². The third kappa shape index (κ3) is 3.34. The van der Waals surface area contributed by atoms with Gasteiger partial charge < -0.3 is 16.2 Å². The number of likely N-dealkylation sites (N-methyl/N-ethyl adjacent to an activating group) is 1. The van der Waals surface area contributed by atoms with E-state index in [9.17, 15) is 0 Å². The minimum absolute atomic E-state index is 0.0391. The molecule has 0 saturated carbocycles. The van der Waals surface area contributed by atoms with Crippen molar-refractivity contribution in [1.82, 2.24) is 30.8 Å². The fourth-order valence-electron chi connectivity index (χ4n) is 6.49. The first-order chi connectivity index (χ1) is 16.5. The lowest BCUT2D eigenvalue weighted by molar-refractivity contribution is 0.0245. The number of hydrazine groups is 2. The van der Waals surface area contributed by atoms with E-state index < -0.39 is 0 Å². The van der Waals surface area contributed by atoms with Gasteiger partial charge >= 0.3 is 6.01 Å². The Balaban J connectivity index is 1.31. The van der Waals surface area contributed by atoms with Gasteiger partial charge in [-0.3, -0.25) is 15.3 Å². The maximum Gasteiger partial charge on any atom is 0.317 e. The summed E-state index contributed by atoms with van der Waals surface area (Å²) in [7, 11) is 2.16. The maximum atomic E-state index is 6.54.